The maximum atomic E-state index is 9.11. The third-order valence-electron chi connectivity index (χ3n) is 0. The number of amides is 1. The Labute approximate surface area is 56.0 Å². The smallest absolute Gasteiger partial charge is 0.668 e. The van der Waals surface area contributed by atoms with Gasteiger partial charge < -0.3 is 10.5 Å². The molecule has 0 atom stereocenters. The van der Waals surface area contributed by atoms with Crippen LogP contribution in [0.15, 0.2) is 0 Å². The first kappa shape index (κ1) is 9.13. The van der Waals surface area contributed by atoms with Crippen molar-refractivity contribution in [2.24, 2.45) is 0 Å². The van der Waals surface area contributed by atoms with Gasteiger partial charge in [0.2, 0.25) is 0 Å². The number of carbonyl (C=O) groups is 1. The normalized spacial score (nSPS) is 5.00. The third-order valence-corrected chi connectivity index (χ3v) is 0. The second kappa shape index (κ2) is 4.57. The van der Waals surface area contributed by atoms with Gasteiger partial charge in [-0.2, -0.15) is 0 Å². The van der Waals surface area contributed by atoms with E-state index in [-0.39, 0.29) is 32.7 Å². The van der Waals surface area contributed by atoms with Crippen LogP contribution >= 0.6 is 0 Å². The van der Waals surface area contributed by atoms with Crippen molar-refractivity contribution in [3.63, 3.8) is 0 Å². The molecule has 0 aliphatic heterocycles. The Bertz CT molecular complexity index is 32.6. The van der Waals surface area contributed by atoms with Gasteiger partial charge in [-0.15, -0.1) is 0 Å². The van der Waals surface area contributed by atoms with E-state index < -0.39 is 5.91 Å². The number of hydrogen-bond acceptors (Lipinski definition) is 1. The van der Waals surface area contributed by atoms with Crippen molar-refractivity contribution in [3.8, 4) is 0 Å². The van der Waals surface area contributed by atoms with Crippen LogP contribution in [0.3, 0.4) is 0 Å². The van der Waals surface area contributed by atoms with Crippen molar-refractivity contribution < 1.29 is 37.5 Å². The van der Waals surface area contributed by atoms with E-state index in [0.29, 0.717) is 0 Å². The molecule has 0 spiro atoms. The molecule has 2 nitrogen and oxygen atoms in total. The molecule has 1 amide bonds. The van der Waals surface area contributed by atoms with E-state index >= 15 is 0 Å². The molecule has 0 aromatic carbocycles. The Morgan fingerprint density at radius 3 is 1.80 bits per heavy atom. The molecule has 0 saturated heterocycles. The van der Waals surface area contributed by atoms with Crippen molar-refractivity contribution in [1.29, 1.82) is 0 Å². The van der Waals surface area contributed by atoms with Crippen LogP contribution in [-0.4, -0.2) is 5.91 Å². The van der Waals surface area contributed by atoms with E-state index in [1.165, 1.54) is 6.92 Å². The summed E-state index contributed by atoms with van der Waals surface area (Å²) in [5.41, 5.74) is 5.94. The Morgan fingerprint density at radius 2 is 1.80 bits per heavy atom. The molecule has 0 rings (SSSR count). The second-order valence-electron chi connectivity index (χ2n) is 0.556. The molecule has 3 heteroatoms. The van der Waals surface area contributed by atoms with Crippen molar-refractivity contribution in [2.75, 3.05) is 0 Å². The molecular formula is C2H4NOY+2. The van der Waals surface area contributed by atoms with Gasteiger partial charge in [-0.25, -0.2) is 0 Å². The first-order valence-corrected chi connectivity index (χ1v) is 0.954. The van der Waals surface area contributed by atoms with E-state index in [2.05, 4.69) is 0 Å². The summed E-state index contributed by atoms with van der Waals surface area (Å²) in [4.78, 5) is 9.11. The molecule has 0 saturated carbocycles. The molecule has 24 valence electrons. The minimum absolute atomic E-state index is 0. The van der Waals surface area contributed by atoms with Crippen molar-refractivity contribution in [2.45, 2.75) is 6.92 Å². The van der Waals surface area contributed by atoms with Crippen molar-refractivity contribution >= 4 is 5.91 Å². The van der Waals surface area contributed by atoms with Crippen LogP contribution in [0.4, 0.5) is 0 Å². The summed E-state index contributed by atoms with van der Waals surface area (Å²) in [6.45, 7) is 1.19. The topological polar surface area (TPSA) is 40.9 Å². The van der Waals surface area contributed by atoms with Gasteiger partial charge in [0.25, 0.3) is 0 Å². The minimum Gasteiger partial charge on any atom is -0.668 e. The van der Waals surface area contributed by atoms with Gasteiger partial charge in [-0.3, -0.25) is 0 Å². The zero-order chi connectivity index (χ0) is 3.58. The fourth-order valence-electron chi connectivity index (χ4n) is 0. The zero-order valence-electron chi connectivity index (χ0n) is 2.99. The summed E-state index contributed by atoms with van der Waals surface area (Å²) in [7, 11) is 0. The van der Waals surface area contributed by atoms with Crippen LogP contribution in [0.5, 0.6) is 0 Å². The van der Waals surface area contributed by atoms with Crippen LogP contribution in [-0.2, 0) is 37.5 Å². The SMILES string of the molecule is CC([NH-])=O.[Y+3]. The molecule has 0 heterocycles. The summed E-state index contributed by atoms with van der Waals surface area (Å²) < 4.78 is 0. The molecule has 0 unspecified atom stereocenters. The maximum absolute atomic E-state index is 9.11. The Balaban J connectivity index is 0. The van der Waals surface area contributed by atoms with Crippen LogP contribution in [0.25, 0.3) is 5.73 Å². The average Bonchev–Trinajstić information content (AvgIpc) is 0.811. The van der Waals surface area contributed by atoms with Crippen molar-refractivity contribution in [1.82, 2.24) is 0 Å². The first-order chi connectivity index (χ1) is 1.73. The van der Waals surface area contributed by atoms with Gasteiger partial charge in [0.1, 0.15) is 0 Å². The first-order valence-electron chi connectivity index (χ1n) is 0.954. The van der Waals surface area contributed by atoms with E-state index in [1.54, 1.807) is 0 Å². The molecule has 0 fully saturated rings. The fourth-order valence-corrected chi connectivity index (χ4v) is 0. The van der Waals surface area contributed by atoms with Crippen molar-refractivity contribution in [3.05, 3.63) is 5.73 Å². The fraction of sp³-hybridized carbons (Fsp3) is 0.500. The third kappa shape index (κ3) is 92.0. The largest absolute Gasteiger partial charge is 3.00 e. The number of rotatable bonds is 0. The Morgan fingerprint density at radius 1 is 1.80 bits per heavy atom. The van der Waals surface area contributed by atoms with Crippen LogP contribution in [0.2, 0.25) is 0 Å². The van der Waals surface area contributed by atoms with Gasteiger partial charge >= 0.3 is 32.7 Å². The molecular weight excluding hydrogens is 143 g/mol. The summed E-state index contributed by atoms with van der Waals surface area (Å²) in [5.74, 6) is -0.583. The number of carbonyl (C=O) groups excluding carboxylic acids is 1. The van der Waals surface area contributed by atoms with E-state index in [9.17, 15) is 0 Å². The molecule has 5 heavy (non-hydrogen) atoms. The summed E-state index contributed by atoms with van der Waals surface area (Å²) in [6.07, 6.45) is 0. The predicted octanol–water partition coefficient (Wildman–Crippen LogP) is 0.583. The number of hydrogen-bond donors (Lipinski definition) is 0. The van der Waals surface area contributed by atoms with Gasteiger partial charge in [-0.05, 0) is 6.92 Å². The van der Waals surface area contributed by atoms with Gasteiger partial charge in [-0.1, -0.05) is 0 Å². The van der Waals surface area contributed by atoms with Crippen LogP contribution < -0.4 is 0 Å². The average molecular weight is 147 g/mol. The van der Waals surface area contributed by atoms with Gasteiger partial charge in [0.15, 0.2) is 0 Å². The van der Waals surface area contributed by atoms with E-state index in [0.717, 1.165) is 0 Å². The maximum Gasteiger partial charge on any atom is 3.00 e. The summed E-state index contributed by atoms with van der Waals surface area (Å²) >= 11 is 0. The summed E-state index contributed by atoms with van der Waals surface area (Å²) in [5, 5.41) is 0. The molecule has 0 aromatic heterocycles. The molecule has 0 aromatic rings. The quantitative estimate of drug-likeness (QED) is 0.494. The second-order valence-corrected chi connectivity index (χ2v) is 0.556. The predicted molar refractivity (Wildman–Crippen MR) is 15.0 cm³/mol. The van der Waals surface area contributed by atoms with E-state index in [4.69, 9.17) is 10.5 Å². The monoisotopic (exact) mass is 147 g/mol. The molecule has 0 aliphatic rings. The zero-order valence-corrected chi connectivity index (χ0v) is 5.82. The van der Waals surface area contributed by atoms with Crippen LogP contribution in [0, 0.1) is 0 Å². The van der Waals surface area contributed by atoms with Gasteiger partial charge in [0.05, 0.1) is 0 Å². The minimum atomic E-state index is -0.583. The Hall–Kier alpha value is 0.574. The molecule has 0 bridgehead atoms. The van der Waals surface area contributed by atoms with Gasteiger partial charge in [0, 0.05) is 5.91 Å². The Kier molecular flexibility index (Phi) is 8.35. The molecule has 0 aliphatic carbocycles. The van der Waals surface area contributed by atoms with E-state index in [1.807, 2.05) is 0 Å². The number of nitrogens with one attached hydrogen (secondary N) is 1. The molecule has 0 radical (unpaired) electrons. The standard InChI is InChI=1S/C2H5NO.Y/c1-2(3)4;/h1H3,(H2,3,4);/q;+3/p-1. The molecule has 1 N–H and O–H groups in total. The summed E-state index contributed by atoms with van der Waals surface area (Å²) in [6, 6.07) is 0. The van der Waals surface area contributed by atoms with Crippen LogP contribution in [0.1, 0.15) is 6.92 Å².